The van der Waals surface area contributed by atoms with Gasteiger partial charge in [-0.25, -0.2) is 0 Å². The Morgan fingerprint density at radius 1 is 1.12 bits per heavy atom. The molecule has 2 atom stereocenters. The maximum absolute atomic E-state index is 13.1. The predicted molar refractivity (Wildman–Crippen MR) is 96.3 cm³/mol. The highest BCUT2D eigenvalue weighted by Gasteiger charge is 2.36. The first-order valence-electron chi connectivity index (χ1n) is 8.57. The van der Waals surface area contributed by atoms with Gasteiger partial charge < -0.3 is 15.0 Å². The number of carbonyl (C=O) groups excluding carboxylic acids is 1. The van der Waals surface area contributed by atoms with Crippen LogP contribution in [0.3, 0.4) is 0 Å². The number of nitrogens with one attached hydrogen (secondary N) is 1. The van der Waals surface area contributed by atoms with Gasteiger partial charge in [0.1, 0.15) is 11.9 Å². The minimum Gasteiger partial charge on any atom is -0.493 e. The molecule has 1 aliphatic heterocycles. The molecule has 1 N–H and O–H groups in total. The third-order valence-corrected chi connectivity index (χ3v) is 4.54. The number of carbonyl (C=O) groups is 1. The Balaban J connectivity index is 2.10. The molecule has 0 bridgehead atoms. The summed E-state index contributed by atoms with van der Waals surface area (Å²) in [5, 5.41) is 3.53. The molecule has 24 heavy (non-hydrogen) atoms. The van der Waals surface area contributed by atoms with Crippen molar-refractivity contribution in [1.82, 2.24) is 4.90 Å². The summed E-state index contributed by atoms with van der Waals surface area (Å²) in [5.41, 5.74) is 2.59. The van der Waals surface area contributed by atoms with Gasteiger partial charge in [-0.15, -0.1) is 0 Å². The van der Waals surface area contributed by atoms with Gasteiger partial charge in [0.05, 0.1) is 12.2 Å². The highest BCUT2D eigenvalue weighted by molar-refractivity contribution is 6.02. The molecule has 1 aliphatic rings. The molecule has 2 aromatic rings. The topological polar surface area (TPSA) is 41.6 Å². The second kappa shape index (κ2) is 6.95. The van der Waals surface area contributed by atoms with Crippen LogP contribution in [-0.2, 0) is 0 Å². The Hall–Kier alpha value is -2.49. The number of anilines is 1. The summed E-state index contributed by atoms with van der Waals surface area (Å²) in [4.78, 5) is 15.0. The number of hydrogen-bond acceptors (Lipinski definition) is 3. The van der Waals surface area contributed by atoms with Gasteiger partial charge in [-0.2, -0.15) is 0 Å². The molecule has 1 amide bonds. The molecule has 0 fully saturated rings. The second-order valence-electron chi connectivity index (χ2n) is 6.03. The fraction of sp³-hybridized carbons (Fsp3) is 0.350. The van der Waals surface area contributed by atoms with Crippen molar-refractivity contribution >= 4 is 11.6 Å². The molecule has 0 saturated heterocycles. The van der Waals surface area contributed by atoms with E-state index in [4.69, 9.17) is 4.74 Å². The van der Waals surface area contributed by atoms with Crippen molar-refractivity contribution in [3.8, 4) is 5.75 Å². The molecule has 0 aliphatic carbocycles. The smallest absolute Gasteiger partial charge is 0.258 e. The average molecular weight is 324 g/mol. The highest BCUT2D eigenvalue weighted by atomic mass is 16.5. The Labute approximate surface area is 143 Å². The van der Waals surface area contributed by atoms with Crippen molar-refractivity contribution in [2.24, 2.45) is 0 Å². The minimum atomic E-state index is -0.231. The SMILES string of the molecule is CCOc1ccccc1C1Nc2ccccc2C(=O)N1C(C)CC. The number of benzene rings is 2. The number of rotatable bonds is 5. The van der Waals surface area contributed by atoms with Gasteiger partial charge in [0.25, 0.3) is 5.91 Å². The Bertz CT molecular complexity index is 729. The van der Waals surface area contributed by atoms with Crippen LogP contribution in [0.1, 0.15) is 49.3 Å². The molecular weight excluding hydrogens is 300 g/mol. The highest BCUT2D eigenvalue weighted by Crippen LogP contribution is 2.38. The molecule has 0 spiro atoms. The number of para-hydroxylation sites is 2. The van der Waals surface area contributed by atoms with Crippen molar-refractivity contribution in [3.63, 3.8) is 0 Å². The molecule has 0 radical (unpaired) electrons. The van der Waals surface area contributed by atoms with Crippen LogP contribution in [0.4, 0.5) is 5.69 Å². The van der Waals surface area contributed by atoms with E-state index < -0.39 is 0 Å². The minimum absolute atomic E-state index is 0.0648. The van der Waals surface area contributed by atoms with Crippen LogP contribution in [-0.4, -0.2) is 23.5 Å². The third-order valence-electron chi connectivity index (χ3n) is 4.54. The summed E-state index contributed by atoms with van der Waals surface area (Å²) in [5.74, 6) is 0.882. The first-order valence-corrected chi connectivity index (χ1v) is 8.57. The molecular formula is C20H24N2O2. The van der Waals surface area contributed by atoms with Crippen LogP contribution < -0.4 is 10.1 Å². The number of ether oxygens (including phenoxy) is 1. The van der Waals surface area contributed by atoms with Crippen LogP contribution in [0.25, 0.3) is 0 Å². The number of hydrogen-bond donors (Lipinski definition) is 1. The lowest BCUT2D eigenvalue weighted by atomic mass is 10.0. The van der Waals surface area contributed by atoms with E-state index in [1.54, 1.807) is 0 Å². The van der Waals surface area contributed by atoms with Crippen molar-refractivity contribution in [3.05, 3.63) is 59.7 Å². The van der Waals surface area contributed by atoms with Gasteiger partial charge in [0, 0.05) is 17.3 Å². The van der Waals surface area contributed by atoms with Crippen molar-refractivity contribution in [2.45, 2.75) is 39.4 Å². The van der Waals surface area contributed by atoms with Crippen LogP contribution in [0.5, 0.6) is 5.75 Å². The van der Waals surface area contributed by atoms with Gasteiger partial charge in [-0.1, -0.05) is 37.3 Å². The molecule has 4 heteroatoms. The van der Waals surface area contributed by atoms with E-state index in [0.717, 1.165) is 29.0 Å². The quantitative estimate of drug-likeness (QED) is 0.883. The molecule has 2 unspecified atom stereocenters. The molecule has 0 aromatic heterocycles. The first-order chi connectivity index (χ1) is 11.7. The number of amides is 1. The largest absolute Gasteiger partial charge is 0.493 e. The van der Waals surface area contributed by atoms with Crippen molar-refractivity contribution in [2.75, 3.05) is 11.9 Å². The van der Waals surface area contributed by atoms with E-state index >= 15 is 0 Å². The van der Waals surface area contributed by atoms with Crippen LogP contribution in [0.15, 0.2) is 48.5 Å². The summed E-state index contributed by atoms with van der Waals surface area (Å²) in [7, 11) is 0. The van der Waals surface area contributed by atoms with Gasteiger partial charge >= 0.3 is 0 Å². The fourth-order valence-corrected chi connectivity index (χ4v) is 3.14. The van der Waals surface area contributed by atoms with Crippen molar-refractivity contribution in [1.29, 1.82) is 0 Å². The van der Waals surface area contributed by atoms with Crippen LogP contribution in [0.2, 0.25) is 0 Å². The molecule has 2 aromatic carbocycles. The van der Waals surface area contributed by atoms with E-state index in [1.165, 1.54) is 0 Å². The maximum atomic E-state index is 13.1. The zero-order valence-electron chi connectivity index (χ0n) is 14.5. The normalized spacial score (nSPS) is 17.9. The van der Waals surface area contributed by atoms with Gasteiger partial charge in [0.15, 0.2) is 0 Å². The molecule has 3 rings (SSSR count). The van der Waals surface area contributed by atoms with E-state index in [-0.39, 0.29) is 18.1 Å². The molecule has 1 heterocycles. The summed E-state index contributed by atoms with van der Waals surface area (Å²) >= 11 is 0. The maximum Gasteiger partial charge on any atom is 0.258 e. The lowest BCUT2D eigenvalue weighted by Crippen LogP contribution is -2.47. The number of nitrogens with zero attached hydrogens (tertiary/aromatic N) is 1. The lowest BCUT2D eigenvalue weighted by Gasteiger charge is -2.41. The lowest BCUT2D eigenvalue weighted by molar-refractivity contribution is 0.0590. The first kappa shape index (κ1) is 16.4. The standard InChI is InChI=1S/C20H24N2O2/c1-4-14(3)22-19(16-11-7-9-13-18(16)24-5-2)21-17-12-8-6-10-15(17)20(22)23/h6-14,19,21H,4-5H2,1-3H3. The fourth-order valence-electron chi connectivity index (χ4n) is 3.14. The predicted octanol–water partition coefficient (Wildman–Crippen LogP) is 4.45. The Kier molecular flexibility index (Phi) is 4.74. The van der Waals surface area contributed by atoms with E-state index in [9.17, 15) is 4.79 Å². The average Bonchev–Trinajstić information content (AvgIpc) is 2.62. The zero-order chi connectivity index (χ0) is 17.1. The monoisotopic (exact) mass is 324 g/mol. The molecule has 126 valence electrons. The Morgan fingerprint density at radius 2 is 1.83 bits per heavy atom. The summed E-state index contributed by atoms with van der Waals surface area (Å²) in [6.07, 6.45) is 0.660. The van der Waals surface area contributed by atoms with Gasteiger partial charge in [-0.05, 0) is 38.5 Å². The molecule has 4 nitrogen and oxygen atoms in total. The van der Waals surface area contributed by atoms with Crippen LogP contribution in [0, 0.1) is 0 Å². The van der Waals surface area contributed by atoms with E-state index in [1.807, 2.05) is 60.4 Å². The summed E-state index contributed by atoms with van der Waals surface area (Å²) in [6, 6.07) is 15.7. The summed E-state index contributed by atoms with van der Waals surface area (Å²) < 4.78 is 5.80. The zero-order valence-corrected chi connectivity index (χ0v) is 14.5. The van der Waals surface area contributed by atoms with Crippen molar-refractivity contribution < 1.29 is 9.53 Å². The van der Waals surface area contributed by atoms with Crippen LogP contribution >= 0.6 is 0 Å². The third kappa shape index (κ3) is 2.84. The molecule has 0 saturated carbocycles. The van der Waals surface area contributed by atoms with E-state index in [2.05, 4.69) is 19.2 Å². The number of fused-ring (bicyclic) bond motifs is 1. The van der Waals surface area contributed by atoms with Gasteiger partial charge in [-0.3, -0.25) is 4.79 Å². The Morgan fingerprint density at radius 3 is 2.58 bits per heavy atom. The van der Waals surface area contributed by atoms with E-state index in [0.29, 0.717) is 6.61 Å². The second-order valence-corrected chi connectivity index (χ2v) is 6.03. The summed E-state index contributed by atoms with van der Waals surface area (Å²) in [6.45, 7) is 6.75. The van der Waals surface area contributed by atoms with Gasteiger partial charge in [0.2, 0.25) is 0 Å².